The monoisotopic (exact) mass is 161 g/mol. The van der Waals surface area contributed by atoms with Gasteiger partial charge in [-0.1, -0.05) is 6.07 Å². The Morgan fingerprint density at radius 1 is 1.42 bits per heavy atom. The second kappa shape index (κ2) is 3.68. The molecule has 0 spiro atoms. The van der Waals surface area contributed by atoms with Crippen LogP contribution in [0.3, 0.4) is 0 Å². The Kier molecular flexibility index (Phi) is 2.37. The Morgan fingerprint density at radius 2 is 2.42 bits per heavy atom. The van der Waals surface area contributed by atoms with E-state index in [-0.39, 0.29) is 0 Å². The van der Waals surface area contributed by atoms with E-state index in [4.69, 9.17) is 0 Å². The van der Waals surface area contributed by atoms with Crippen molar-refractivity contribution < 1.29 is 0 Å². The summed E-state index contributed by atoms with van der Waals surface area (Å²) in [4.78, 5) is 6.69. The Balaban J connectivity index is 1.94. The molecule has 0 N–H and O–H groups in total. The van der Waals surface area contributed by atoms with Crippen molar-refractivity contribution in [2.75, 3.05) is 13.1 Å². The molecule has 1 aromatic heterocycles. The van der Waals surface area contributed by atoms with E-state index in [0.717, 1.165) is 13.1 Å². The van der Waals surface area contributed by atoms with E-state index in [1.807, 2.05) is 18.3 Å². The third kappa shape index (κ3) is 1.83. The third-order valence-electron chi connectivity index (χ3n) is 2.15. The number of nitrogens with zero attached hydrogens (tertiary/aromatic N) is 2. The summed E-state index contributed by atoms with van der Waals surface area (Å²) in [5, 5.41) is 0. The highest BCUT2D eigenvalue weighted by Gasteiger charge is 2.11. The predicted molar refractivity (Wildman–Crippen MR) is 48.4 cm³/mol. The van der Waals surface area contributed by atoms with Crippen molar-refractivity contribution in [1.29, 1.82) is 0 Å². The van der Waals surface area contributed by atoms with Gasteiger partial charge in [-0.2, -0.15) is 0 Å². The topological polar surface area (TPSA) is 16.1 Å². The molecule has 2 heterocycles. The molecule has 1 fully saturated rings. The highest BCUT2D eigenvalue weighted by atomic mass is 15.1. The zero-order valence-electron chi connectivity index (χ0n) is 7.11. The van der Waals surface area contributed by atoms with E-state index in [0.29, 0.717) is 0 Å². The number of rotatable bonds is 2. The molecule has 2 nitrogen and oxygen atoms in total. The van der Waals surface area contributed by atoms with Crippen LogP contribution < -0.4 is 0 Å². The van der Waals surface area contributed by atoms with Crippen LogP contribution in [0.15, 0.2) is 24.4 Å². The van der Waals surface area contributed by atoms with E-state index in [9.17, 15) is 0 Å². The quantitative estimate of drug-likeness (QED) is 0.653. The van der Waals surface area contributed by atoms with Gasteiger partial charge in [0.2, 0.25) is 0 Å². The average Bonchev–Trinajstić information content (AvgIpc) is 2.59. The Labute approximate surface area is 73.2 Å². The largest absolute Gasteiger partial charge is 0.297 e. The van der Waals surface area contributed by atoms with Crippen LogP contribution in [-0.4, -0.2) is 23.0 Å². The molecule has 0 aliphatic carbocycles. The van der Waals surface area contributed by atoms with Crippen LogP contribution in [0.2, 0.25) is 0 Å². The van der Waals surface area contributed by atoms with Gasteiger partial charge >= 0.3 is 0 Å². The van der Waals surface area contributed by atoms with Gasteiger partial charge in [-0.15, -0.1) is 0 Å². The first-order chi connectivity index (χ1) is 5.95. The fourth-order valence-electron chi connectivity index (χ4n) is 1.50. The average molecular weight is 161 g/mol. The van der Waals surface area contributed by atoms with Gasteiger partial charge in [0.15, 0.2) is 0 Å². The van der Waals surface area contributed by atoms with E-state index in [2.05, 4.69) is 22.4 Å². The highest BCUT2D eigenvalue weighted by molar-refractivity contribution is 5.03. The molecule has 1 aromatic rings. The standard InChI is InChI=1S/C10H13N2/c1-2-6-11-10(5-1)9-12-7-3-4-8-12/h1-3,5-6H,4,7-9H2. The maximum Gasteiger partial charge on any atom is 0.0543 e. The summed E-state index contributed by atoms with van der Waals surface area (Å²) < 4.78 is 0. The van der Waals surface area contributed by atoms with E-state index >= 15 is 0 Å². The molecule has 12 heavy (non-hydrogen) atoms. The molecule has 0 atom stereocenters. The van der Waals surface area contributed by atoms with Crippen LogP contribution in [0.4, 0.5) is 0 Å². The van der Waals surface area contributed by atoms with Gasteiger partial charge in [0.05, 0.1) is 5.69 Å². The fraction of sp³-hybridized carbons (Fsp3) is 0.400. The molecule has 0 aromatic carbocycles. The summed E-state index contributed by atoms with van der Waals surface area (Å²) in [6.07, 6.45) is 5.41. The number of pyridine rings is 1. The molecular formula is C10H13N2. The maximum atomic E-state index is 4.29. The van der Waals surface area contributed by atoms with Crippen molar-refractivity contribution in [3.63, 3.8) is 0 Å². The molecule has 0 unspecified atom stereocenters. The molecule has 0 amide bonds. The normalized spacial score (nSPS) is 18.3. The highest BCUT2D eigenvalue weighted by Crippen LogP contribution is 2.09. The van der Waals surface area contributed by atoms with Crippen molar-refractivity contribution in [3.05, 3.63) is 36.5 Å². The van der Waals surface area contributed by atoms with Gasteiger partial charge in [-0.05, 0) is 31.5 Å². The summed E-state index contributed by atoms with van der Waals surface area (Å²) in [7, 11) is 0. The molecular weight excluding hydrogens is 148 g/mol. The molecule has 1 saturated heterocycles. The zero-order valence-corrected chi connectivity index (χ0v) is 7.11. The summed E-state index contributed by atoms with van der Waals surface area (Å²) >= 11 is 0. The minimum atomic E-state index is 0.997. The van der Waals surface area contributed by atoms with E-state index in [1.165, 1.54) is 18.7 Å². The summed E-state index contributed by atoms with van der Waals surface area (Å²) in [5.41, 5.74) is 1.17. The third-order valence-corrected chi connectivity index (χ3v) is 2.15. The maximum absolute atomic E-state index is 4.29. The number of hydrogen-bond acceptors (Lipinski definition) is 2. The second-order valence-electron chi connectivity index (χ2n) is 3.13. The van der Waals surface area contributed by atoms with Gasteiger partial charge < -0.3 is 0 Å². The van der Waals surface area contributed by atoms with Crippen LogP contribution >= 0.6 is 0 Å². The van der Waals surface area contributed by atoms with Gasteiger partial charge in [0.1, 0.15) is 0 Å². The fourth-order valence-corrected chi connectivity index (χ4v) is 1.50. The molecule has 0 saturated carbocycles. The Morgan fingerprint density at radius 3 is 3.08 bits per heavy atom. The van der Waals surface area contributed by atoms with Gasteiger partial charge in [0.25, 0.3) is 0 Å². The Bertz CT molecular complexity index is 227. The summed E-state index contributed by atoms with van der Waals surface area (Å²) in [6.45, 7) is 3.31. The SMILES string of the molecule is [CH]1CCN(Cc2ccccn2)C1. The predicted octanol–water partition coefficient (Wildman–Crippen LogP) is 1.49. The molecule has 1 aliphatic heterocycles. The van der Waals surface area contributed by atoms with Crippen molar-refractivity contribution in [1.82, 2.24) is 9.88 Å². The lowest BCUT2D eigenvalue weighted by atomic mass is 10.3. The number of aromatic nitrogens is 1. The number of likely N-dealkylation sites (tertiary alicyclic amines) is 1. The minimum absolute atomic E-state index is 0.997. The van der Waals surface area contributed by atoms with Crippen LogP contribution in [0.5, 0.6) is 0 Å². The summed E-state index contributed by atoms with van der Waals surface area (Å²) in [6, 6.07) is 6.08. The first kappa shape index (κ1) is 7.74. The van der Waals surface area contributed by atoms with E-state index in [1.54, 1.807) is 0 Å². The van der Waals surface area contributed by atoms with Crippen molar-refractivity contribution in [2.45, 2.75) is 13.0 Å². The minimum Gasteiger partial charge on any atom is -0.297 e. The van der Waals surface area contributed by atoms with Gasteiger partial charge in [-0.25, -0.2) is 0 Å². The first-order valence-corrected chi connectivity index (χ1v) is 4.39. The molecule has 0 bridgehead atoms. The molecule has 63 valence electrons. The summed E-state index contributed by atoms with van der Waals surface area (Å²) in [5.74, 6) is 0. The van der Waals surface area contributed by atoms with Gasteiger partial charge in [-0.3, -0.25) is 9.88 Å². The molecule has 1 aliphatic rings. The van der Waals surface area contributed by atoms with Crippen molar-refractivity contribution >= 4 is 0 Å². The molecule has 1 radical (unpaired) electrons. The van der Waals surface area contributed by atoms with Crippen LogP contribution in [0.1, 0.15) is 12.1 Å². The van der Waals surface area contributed by atoms with Crippen molar-refractivity contribution in [2.24, 2.45) is 0 Å². The zero-order chi connectivity index (χ0) is 8.23. The second-order valence-corrected chi connectivity index (χ2v) is 3.13. The molecule has 2 rings (SSSR count). The van der Waals surface area contributed by atoms with Crippen LogP contribution in [0.25, 0.3) is 0 Å². The molecule has 2 heteroatoms. The number of hydrogen-bond donors (Lipinski definition) is 0. The Hall–Kier alpha value is -0.890. The van der Waals surface area contributed by atoms with Crippen molar-refractivity contribution in [3.8, 4) is 0 Å². The van der Waals surface area contributed by atoms with Crippen LogP contribution in [-0.2, 0) is 6.54 Å². The van der Waals surface area contributed by atoms with E-state index < -0.39 is 0 Å². The lowest BCUT2D eigenvalue weighted by Crippen LogP contribution is -2.18. The first-order valence-electron chi connectivity index (χ1n) is 4.39. The lowest BCUT2D eigenvalue weighted by molar-refractivity contribution is 0.332. The smallest absolute Gasteiger partial charge is 0.0543 e. The van der Waals surface area contributed by atoms with Crippen LogP contribution in [0, 0.1) is 6.42 Å². The van der Waals surface area contributed by atoms with Gasteiger partial charge in [0, 0.05) is 19.3 Å². The lowest BCUT2D eigenvalue weighted by Gasteiger charge is -2.12.